The first kappa shape index (κ1) is 34.6. The van der Waals surface area contributed by atoms with Crippen LogP contribution in [0.5, 0.6) is 5.75 Å². The predicted octanol–water partition coefficient (Wildman–Crippen LogP) is 9.45. The number of fused-ring (bicyclic) bond motifs is 4. The summed E-state index contributed by atoms with van der Waals surface area (Å²) in [6.07, 6.45) is 2.78. The number of carbonyl (C=O) groups excluding carboxylic acids is 1. The Labute approximate surface area is 306 Å². The Morgan fingerprint density at radius 3 is 2.35 bits per heavy atom. The van der Waals surface area contributed by atoms with Gasteiger partial charge in [0.15, 0.2) is 0 Å². The Morgan fingerprint density at radius 2 is 1.69 bits per heavy atom. The molecule has 0 bridgehead atoms. The number of carbonyl (C=O) groups is 2. The number of nitrogens with zero attached hydrogens (tertiary/aromatic N) is 5. The third-order valence-corrected chi connectivity index (χ3v) is 11.3. The quantitative estimate of drug-likeness (QED) is 0.157. The monoisotopic (exact) mass is 723 g/mol. The van der Waals surface area contributed by atoms with Gasteiger partial charge < -0.3 is 19.3 Å². The van der Waals surface area contributed by atoms with Gasteiger partial charge in [0.1, 0.15) is 11.4 Å². The maximum absolute atomic E-state index is 15.1. The number of hydrogen-bond donors (Lipinski definition) is 1. The summed E-state index contributed by atoms with van der Waals surface area (Å²) in [6, 6.07) is 14.2. The number of pyridine rings is 1. The Hall–Kier alpha value is -4.86. The molecule has 0 fully saturated rings. The number of aromatic nitrogens is 4. The Morgan fingerprint density at radius 1 is 0.961 bits per heavy atom. The van der Waals surface area contributed by atoms with Crippen LogP contribution in [0.15, 0.2) is 54.7 Å². The Bertz CT molecular complexity index is 2390. The summed E-state index contributed by atoms with van der Waals surface area (Å²) >= 11 is 13.5. The minimum atomic E-state index is -1.07. The van der Waals surface area contributed by atoms with Crippen molar-refractivity contribution in [1.82, 2.24) is 19.3 Å². The van der Waals surface area contributed by atoms with E-state index in [0.717, 1.165) is 60.9 Å². The lowest BCUT2D eigenvalue weighted by Gasteiger charge is -2.40. The van der Waals surface area contributed by atoms with Crippen LogP contribution in [0.25, 0.3) is 32.9 Å². The molecular weight excluding hydrogens is 685 g/mol. The molecule has 0 radical (unpaired) electrons. The summed E-state index contributed by atoms with van der Waals surface area (Å²) in [4.78, 5) is 33.5. The van der Waals surface area contributed by atoms with E-state index in [0.29, 0.717) is 46.8 Å². The lowest BCUT2D eigenvalue weighted by atomic mass is 9.98. The molecular formula is C40H39Cl2N5O4. The van der Waals surface area contributed by atoms with Crippen molar-refractivity contribution in [2.24, 2.45) is 7.05 Å². The number of benzene rings is 3. The summed E-state index contributed by atoms with van der Waals surface area (Å²) < 4.78 is 10.2. The zero-order valence-corrected chi connectivity index (χ0v) is 31.1. The molecule has 1 aliphatic rings. The second-order valence-corrected chi connectivity index (χ2v) is 14.3. The highest BCUT2D eigenvalue weighted by Gasteiger charge is 2.41. The van der Waals surface area contributed by atoms with Crippen LogP contribution in [0, 0.1) is 27.7 Å². The molecule has 1 amide bonds. The van der Waals surface area contributed by atoms with Gasteiger partial charge in [-0.1, -0.05) is 29.3 Å². The van der Waals surface area contributed by atoms with Crippen molar-refractivity contribution in [2.75, 3.05) is 11.5 Å². The second-order valence-electron chi connectivity index (χ2n) is 13.5. The molecule has 262 valence electrons. The van der Waals surface area contributed by atoms with Crippen molar-refractivity contribution in [2.45, 2.75) is 66.5 Å². The van der Waals surface area contributed by atoms with Crippen LogP contribution in [-0.2, 0) is 13.5 Å². The van der Waals surface area contributed by atoms with E-state index in [1.54, 1.807) is 23.2 Å². The van der Waals surface area contributed by atoms with Crippen molar-refractivity contribution in [3.63, 3.8) is 0 Å². The number of carboxylic acid groups (broad SMARTS) is 1. The fourth-order valence-corrected chi connectivity index (χ4v) is 8.09. The molecule has 0 aliphatic carbocycles. The van der Waals surface area contributed by atoms with Crippen molar-refractivity contribution in [3.8, 4) is 16.9 Å². The number of rotatable bonds is 8. The first-order valence-corrected chi connectivity index (χ1v) is 17.8. The molecule has 0 spiro atoms. The highest BCUT2D eigenvalue weighted by molar-refractivity contribution is 6.35. The van der Waals surface area contributed by atoms with Gasteiger partial charge in [-0.15, -0.1) is 0 Å². The van der Waals surface area contributed by atoms with E-state index in [2.05, 4.69) is 16.5 Å². The number of ether oxygens (including phenoxy) is 1. The van der Waals surface area contributed by atoms with E-state index in [4.69, 9.17) is 33.0 Å². The molecule has 6 aromatic rings. The van der Waals surface area contributed by atoms with Gasteiger partial charge in [-0.25, -0.2) is 4.79 Å². The van der Waals surface area contributed by atoms with Gasteiger partial charge in [0.05, 0.1) is 51.7 Å². The summed E-state index contributed by atoms with van der Waals surface area (Å²) in [7, 11) is 1.92. The third kappa shape index (κ3) is 5.54. The van der Waals surface area contributed by atoms with Gasteiger partial charge in [-0.2, -0.15) is 5.10 Å². The lowest BCUT2D eigenvalue weighted by molar-refractivity contribution is 0.0698. The summed E-state index contributed by atoms with van der Waals surface area (Å²) in [5, 5.41) is 17.5. The van der Waals surface area contributed by atoms with Crippen LogP contribution >= 0.6 is 23.2 Å². The largest absolute Gasteiger partial charge is 0.494 e. The molecule has 2 atom stereocenters. The smallest absolute Gasteiger partial charge is 0.337 e. The van der Waals surface area contributed by atoms with Gasteiger partial charge in [0.25, 0.3) is 5.91 Å². The van der Waals surface area contributed by atoms with Gasteiger partial charge in [0, 0.05) is 45.9 Å². The van der Waals surface area contributed by atoms with Crippen molar-refractivity contribution < 1.29 is 19.4 Å². The minimum absolute atomic E-state index is 0.0851. The number of aromatic carboxylic acids is 1. The molecule has 1 aliphatic heterocycles. The number of halogens is 2. The first-order valence-electron chi connectivity index (χ1n) is 17.0. The average Bonchev–Trinajstić information content (AvgIpc) is 3.56. The van der Waals surface area contributed by atoms with Crippen molar-refractivity contribution >= 4 is 62.6 Å². The standard InChI is InChI=1S/C40H39Cl2N5O4/c1-20-18-26(19-21(2)35(20)42)51-17-9-11-27-28-12-14-31(41)34(33-22(3)44-45(7)25(33)6)37(28)47-24(5)23(4)46(39(48)38(27)47)32-15-13-30(40(49)50)36-29(32)10-8-16-43-36/h8,10,12-16,18-19,23-24H,9,11,17H2,1-7H3,(H,49,50)/t23-,24?/m1/s1. The maximum Gasteiger partial charge on any atom is 0.337 e. The zero-order valence-electron chi connectivity index (χ0n) is 29.6. The molecule has 11 heteroatoms. The fourth-order valence-electron chi connectivity index (χ4n) is 7.74. The van der Waals surface area contributed by atoms with Crippen LogP contribution in [0.2, 0.25) is 10.0 Å². The molecule has 51 heavy (non-hydrogen) atoms. The van der Waals surface area contributed by atoms with E-state index >= 15 is 4.79 Å². The maximum atomic E-state index is 15.1. The Balaban J connectivity index is 1.41. The van der Waals surface area contributed by atoms with Crippen LogP contribution < -0.4 is 9.64 Å². The number of amides is 1. The molecule has 4 heterocycles. The summed E-state index contributed by atoms with van der Waals surface area (Å²) in [5.74, 6) is -0.494. The van der Waals surface area contributed by atoms with E-state index in [1.807, 2.05) is 76.7 Å². The molecule has 0 saturated heterocycles. The van der Waals surface area contributed by atoms with E-state index in [9.17, 15) is 9.90 Å². The van der Waals surface area contributed by atoms with Crippen molar-refractivity contribution in [1.29, 1.82) is 0 Å². The SMILES string of the molecule is Cc1cc(OCCCc2c3n(c4c(-c5c(C)nn(C)c5C)c(Cl)ccc24)C(C)[C@@H](C)N(c2ccc(C(=O)O)c4ncccc24)C3=O)cc(C)c1Cl. The summed E-state index contributed by atoms with van der Waals surface area (Å²) in [5.41, 5.74) is 8.97. The molecule has 3 aromatic heterocycles. The zero-order chi connectivity index (χ0) is 36.5. The van der Waals surface area contributed by atoms with Gasteiger partial charge >= 0.3 is 5.97 Å². The van der Waals surface area contributed by atoms with Crippen LogP contribution in [-0.4, -0.2) is 49.0 Å². The number of hydrogen-bond acceptors (Lipinski definition) is 5. The molecule has 0 saturated carbocycles. The highest BCUT2D eigenvalue weighted by Crippen LogP contribution is 2.47. The van der Waals surface area contributed by atoms with E-state index in [-0.39, 0.29) is 23.6 Å². The molecule has 7 rings (SSSR count). The Kier molecular flexibility index (Phi) is 8.84. The van der Waals surface area contributed by atoms with E-state index in [1.165, 1.54) is 6.07 Å². The first-order chi connectivity index (χ1) is 24.3. The van der Waals surface area contributed by atoms with Crippen molar-refractivity contribution in [3.05, 3.63) is 104 Å². The molecule has 9 nitrogen and oxygen atoms in total. The second kappa shape index (κ2) is 13.0. The number of anilines is 1. The summed E-state index contributed by atoms with van der Waals surface area (Å²) in [6.45, 7) is 12.5. The topological polar surface area (TPSA) is 102 Å². The fraction of sp³-hybridized carbons (Fsp3) is 0.300. The van der Waals surface area contributed by atoms with Gasteiger partial charge in [-0.3, -0.25) is 14.5 Å². The molecule has 3 aromatic carbocycles. The van der Waals surface area contributed by atoms with Crippen LogP contribution in [0.1, 0.15) is 75.2 Å². The van der Waals surface area contributed by atoms with Crippen LogP contribution in [0.4, 0.5) is 5.69 Å². The number of aryl methyl sites for hydroxylation is 5. The normalized spacial score (nSPS) is 15.9. The van der Waals surface area contributed by atoms with E-state index < -0.39 is 5.97 Å². The predicted molar refractivity (Wildman–Crippen MR) is 203 cm³/mol. The number of carboxylic acids is 1. The molecule has 1 N–H and O–H groups in total. The minimum Gasteiger partial charge on any atom is -0.494 e. The average molecular weight is 725 g/mol. The molecule has 1 unspecified atom stereocenters. The lowest BCUT2D eigenvalue weighted by Crippen LogP contribution is -2.49. The van der Waals surface area contributed by atoms with Gasteiger partial charge in [-0.05, 0) is 114 Å². The van der Waals surface area contributed by atoms with Crippen LogP contribution in [0.3, 0.4) is 0 Å². The third-order valence-electron chi connectivity index (χ3n) is 10.4. The highest BCUT2D eigenvalue weighted by atomic mass is 35.5. The van der Waals surface area contributed by atoms with Gasteiger partial charge in [0.2, 0.25) is 0 Å².